The van der Waals surface area contributed by atoms with Gasteiger partial charge in [-0.15, -0.1) is 0 Å². The van der Waals surface area contributed by atoms with Crippen LogP contribution in [0, 0.1) is 0 Å². The predicted octanol–water partition coefficient (Wildman–Crippen LogP) is 1.31. The molecule has 0 radical (unpaired) electrons. The first kappa shape index (κ1) is 6.54. The normalized spacial score (nSPS) is 14.7. The third kappa shape index (κ3) is 1.17. The molecule has 0 saturated heterocycles. The molecule has 0 aromatic carbocycles. The molecule has 0 spiro atoms. The second-order valence-corrected chi connectivity index (χ2v) is 2.57. The number of hydrogen-bond donors (Lipinski definition) is 1. The zero-order valence-corrected chi connectivity index (χ0v) is 6.52. The highest BCUT2D eigenvalue weighted by molar-refractivity contribution is 7.80. The monoisotopic (exact) mass is 166 g/mol. The molecule has 0 amide bonds. The van der Waals surface area contributed by atoms with Gasteiger partial charge in [0.2, 0.25) is 0 Å². The van der Waals surface area contributed by atoms with Crippen LogP contribution < -0.4 is 5.32 Å². The first-order chi connectivity index (χ1) is 5.36. The third-order valence-electron chi connectivity index (χ3n) is 1.47. The first-order valence-electron chi connectivity index (χ1n) is 3.24. The van der Waals surface area contributed by atoms with E-state index >= 15 is 0 Å². The van der Waals surface area contributed by atoms with Crippen molar-refractivity contribution in [3.05, 3.63) is 24.0 Å². The van der Waals surface area contributed by atoms with Crippen LogP contribution >= 0.6 is 12.2 Å². The summed E-state index contributed by atoms with van der Waals surface area (Å²) < 4.78 is 5.06. The number of rotatable bonds is 0. The van der Waals surface area contributed by atoms with Gasteiger partial charge in [0.1, 0.15) is 12.3 Å². The summed E-state index contributed by atoms with van der Waals surface area (Å²) in [6.07, 6.45) is 1.73. The summed E-state index contributed by atoms with van der Waals surface area (Å²) in [5, 5.41) is 3.33. The van der Waals surface area contributed by atoms with Crippen molar-refractivity contribution in [3.63, 3.8) is 0 Å². The number of ether oxygens (including phenoxy) is 1. The Morgan fingerprint density at radius 1 is 1.64 bits per heavy atom. The average Bonchev–Trinajstić information content (AvgIpc) is 2.04. The van der Waals surface area contributed by atoms with E-state index in [0.717, 1.165) is 11.4 Å². The summed E-state index contributed by atoms with van der Waals surface area (Å²) in [4.78, 5) is 4.11. The highest BCUT2D eigenvalue weighted by Crippen LogP contribution is 2.17. The summed E-state index contributed by atoms with van der Waals surface area (Å²) in [6, 6.07) is 3.79. The van der Waals surface area contributed by atoms with Gasteiger partial charge in [0.05, 0.1) is 5.69 Å². The molecule has 0 bridgehead atoms. The van der Waals surface area contributed by atoms with E-state index in [2.05, 4.69) is 10.3 Å². The molecule has 1 aliphatic heterocycles. The van der Waals surface area contributed by atoms with Gasteiger partial charge in [-0.25, -0.2) is 0 Å². The van der Waals surface area contributed by atoms with Crippen LogP contribution in [0.25, 0.3) is 0 Å². The lowest BCUT2D eigenvalue weighted by Gasteiger charge is -2.17. The van der Waals surface area contributed by atoms with Crippen LogP contribution in [0.4, 0.5) is 5.69 Å². The van der Waals surface area contributed by atoms with E-state index in [0.29, 0.717) is 11.8 Å². The van der Waals surface area contributed by atoms with Crippen LogP contribution in [0.5, 0.6) is 0 Å². The van der Waals surface area contributed by atoms with E-state index < -0.39 is 0 Å². The SMILES string of the molecule is S=C1Nc2cccnc2CO1. The molecule has 1 aromatic rings. The number of thiocarbonyl (C=S) groups is 1. The van der Waals surface area contributed by atoms with E-state index in [1.54, 1.807) is 6.20 Å². The van der Waals surface area contributed by atoms with Gasteiger partial charge in [-0.3, -0.25) is 4.98 Å². The summed E-state index contributed by atoms with van der Waals surface area (Å²) >= 11 is 4.82. The van der Waals surface area contributed by atoms with E-state index in [1.165, 1.54) is 0 Å². The van der Waals surface area contributed by atoms with E-state index in [4.69, 9.17) is 17.0 Å². The zero-order valence-electron chi connectivity index (χ0n) is 5.70. The standard InChI is InChI=1S/C7H6N2OS/c11-7-9-5-2-1-3-8-6(5)4-10-7/h1-3H,4H2,(H,9,11). The Bertz CT molecular complexity index is 300. The van der Waals surface area contributed by atoms with Crippen LogP contribution in [-0.4, -0.2) is 10.2 Å². The number of anilines is 1. The van der Waals surface area contributed by atoms with Gasteiger partial charge in [-0.2, -0.15) is 0 Å². The molecule has 0 saturated carbocycles. The molecule has 4 heteroatoms. The lowest BCUT2D eigenvalue weighted by molar-refractivity contribution is 0.289. The maximum absolute atomic E-state index is 5.06. The number of nitrogens with zero attached hydrogens (tertiary/aromatic N) is 1. The fourth-order valence-electron chi connectivity index (χ4n) is 0.947. The Labute approximate surface area is 69.4 Å². The molecule has 1 N–H and O–H groups in total. The lowest BCUT2D eigenvalue weighted by Crippen LogP contribution is -2.20. The second-order valence-electron chi connectivity index (χ2n) is 2.20. The van der Waals surface area contributed by atoms with Gasteiger partial charge in [-0.1, -0.05) is 0 Å². The van der Waals surface area contributed by atoms with Crippen molar-refractivity contribution in [2.45, 2.75) is 6.61 Å². The van der Waals surface area contributed by atoms with Gasteiger partial charge < -0.3 is 10.1 Å². The molecule has 1 aliphatic rings. The number of pyridine rings is 1. The second kappa shape index (κ2) is 2.47. The molecular weight excluding hydrogens is 160 g/mol. The van der Waals surface area contributed by atoms with Crippen molar-refractivity contribution < 1.29 is 4.74 Å². The molecule has 0 fully saturated rings. The smallest absolute Gasteiger partial charge is 0.261 e. The van der Waals surface area contributed by atoms with Gasteiger partial charge >= 0.3 is 0 Å². The van der Waals surface area contributed by atoms with Crippen molar-refractivity contribution in [2.24, 2.45) is 0 Å². The number of fused-ring (bicyclic) bond motifs is 1. The predicted molar refractivity (Wildman–Crippen MR) is 45.2 cm³/mol. The number of aromatic nitrogens is 1. The highest BCUT2D eigenvalue weighted by Gasteiger charge is 2.11. The Morgan fingerprint density at radius 2 is 2.55 bits per heavy atom. The van der Waals surface area contributed by atoms with Crippen LogP contribution in [0.15, 0.2) is 18.3 Å². The summed E-state index contributed by atoms with van der Waals surface area (Å²) in [7, 11) is 0. The van der Waals surface area contributed by atoms with Crippen molar-refractivity contribution >= 4 is 23.1 Å². The van der Waals surface area contributed by atoms with Crippen LogP contribution in [-0.2, 0) is 11.3 Å². The molecule has 2 heterocycles. The van der Waals surface area contributed by atoms with E-state index in [-0.39, 0.29) is 0 Å². The summed E-state index contributed by atoms with van der Waals surface area (Å²) in [5.41, 5.74) is 1.85. The summed E-state index contributed by atoms with van der Waals surface area (Å²) in [5.74, 6) is 0. The Hall–Kier alpha value is -1.16. The van der Waals surface area contributed by atoms with Crippen molar-refractivity contribution in [1.82, 2.24) is 4.98 Å². The van der Waals surface area contributed by atoms with Crippen molar-refractivity contribution in [2.75, 3.05) is 5.32 Å². The molecule has 2 rings (SSSR count). The minimum atomic E-state index is 0.422. The van der Waals surface area contributed by atoms with Gasteiger partial charge in [0, 0.05) is 6.20 Å². The van der Waals surface area contributed by atoms with E-state index in [9.17, 15) is 0 Å². The molecule has 3 nitrogen and oxygen atoms in total. The average molecular weight is 166 g/mol. The fraction of sp³-hybridized carbons (Fsp3) is 0.143. The van der Waals surface area contributed by atoms with Gasteiger partial charge in [0.25, 0.3) is 5.17 Å². The first-order valence-corrected chi connectivity index (χ1v) is 3.65. The Morgan fingerprint density at radius 3 is 3.45 bits per heavy atom. The van der Waals surface area contributed by atoms with E-state index in [1.807, 2.05) is 12.1 Å². The molecule has 0 aliphatic carbocycles. The minimum absolute atomic E-state index is 0.422. The largest absolute Gasteiger partial charge is 0.464 e. The minimum Gasteiger partial charge on any atom is -0.464 e. The summed E-state index contributed by atoms with van der Waals surface area (Å²) in [6.45, 7) is 0.474. The third-order valence-corrected chi connectivity index (χ3v) is 1.69. The maximum Gasteiger partial charge on any atom is 0.261 e. The highest BCUT2D eigenvalue weighted by atomic mass is 32.1. The molecule has 1 aromatic heterocycles. The fourth-order valence-corrected chi connectivity index (χ4v) is 1.12. The topological polar surface area (TPSA) is 34.2 Å². The zero-order chi connectivity index (χ0) is 7.68. The van der Waals surface area contributed by atoms with Crippen molar-refractivity contribution in [1.29, 1.82) is 0 Å². The number of nitrogens with one attached hydrogen (secondary N) is 1. The Kier molecular flexibility index (Phi) is 1.47. The van der Waals surface area contributed by atoms with Gasteiger partial charge in [-0.05, 0) is 24.4 Å². The van der Waals surface area contributed by atoms with Crippen molar-refractivity contribution in [3.8, 4) is 0 Å². The number of hydrogen-bond acceptors (Lipinski definition) is 3. The molecule has 0 unspecified atom stereocenters. The van der Waals surface area contributed by atoms with Crippen LogP contribution in [0.2, 0.25) is 0 Å². The molecular formula is C7H6N2OS. The molecule has 11 heavy (non-hydrogen) atoms. The molecule has 0 atom stereocenters. The lowest BCUT2D eigenvalue weighted by atomic mass is 10.3. The van der Waals surface area contributed by atoms with Crippen LogP contribution in [0.3, 0.4) is 0 Å². The van der Waals surface area contributed by atoms with Gasteiger partial charge in [0.15, 0.2) is 0 Å². The van der Waals surface area contributed by atoms with Crippen LogP contribution in [0.1, 0.15) is 5.69 Å². The maximum atomic E-state index is 5.06. The Balaban J connectivity index is 2.41. The molecule has 56 valence electrons. The quantitative estimate of drug-likeness (QED) is 0.589.